The molecule has 0 aromatic heterocycles. The van der Waals surface area contributed by atoms with Gasteiger partial charge in [-0.05, 0) is 50.8 Å². The highest BCUT2D eigenvalue weighted by Crippen LogP contribution is 2.35. The van der Waals surface area contributed by atoms with E-state index < -0.39 is 0 Å². The Kier molecular flexibility index (Phi) is 4.85. The summed E-state index contributed by atoms with van der Waals surface area (Å²) in [6, 6.07) is 5.97. The zero-order valence-corrected chi connectivity index (χ0v) is 15.3. The summed E-state index contributed by atoms with van der Waals surface area (Å²) in [5.74, 6) is 0.947. The number of rotatable bonds is 3. The van der Waals surface area contributed by atoms with Gasteiger partial charge in [0.05, 0.1) is 12.7 Å². The van der Waals surface area contributed by atoms with E-state index in [2.05, 4.69) is 25.2 Å². The van der Waals surface area contributed by atoms with E-state index in [0.29, 0.717) is 11.3 Å². The van der Waals surface area contributed by atoms with E-state index in [4.69, 9.17) is 4.74 Å². The molecule has 1 saturated carbocycles. The monoisotopic (exact) mass is 338 g/mol. The van der Waals surface area contributed by atoms with Crippen LogP contribution in [0.15, 0.2) is 18.2 Å². The van der Waals surface area contributed by atoms with Crippen molar-refractivity contribution in [1.29, 1.82) is 5.26 Å². The van der Waals surface area contributed by atoms with Crippen molar-refractivity contribution in [2.24, 2.45) is 5.92 Å². The number of hydrogen-bond acceptors (Lipinski definition) is 4. The van der Waals surface area contributed by atoms with Crippen molar-refractivity contribution in [2.75, 3.05) is 7.11 Å². The van der Waals surface area contributed by atoms with Gasteiger partial charge in [0, 0.05) is 28.8 Å². The van der Waals surface area contributed by atoms with Gasteiger partial charge in [-0.1, -0.05) is 19.3 Å². The molecule has 0 spiro atoms. The molecule has 25 heavy (non-hydrogen) atoms. The molecule has 1 aliphatic heterocycles. The number of carbonyl (C=O) groups is 1. The standard InChI is InChI=1S/C21H26N2O2/c1-21(2)12-15-10-20(25-3)16(13-22)9-17(15)18(23-21)11-19(24)14-7-5-4-6-8-14/h9-11,14,23H,4-8,12H2,1-3H3. The van der Waals surface area contributed by atoms with E-state index in [-0.39, 0.29) is 17.2 Å². The Morgan fingerprint density at radius 1 is 1.32 bits per heavy atom. The Hall–Kier alpha value is -2.28. The number of allylic oxidation sites excluding steroid dienone is 1. The average Bonchev–Trinajstić information content (AvgIpc) is 2.60. The molecule has 2 aliphatic rings. The van der Waals surface area contributed by atoms with E-state index in [0.717, 1.165) is 48.9 Å². The zero-order chi connectivity index (χ0) is 18.0. The quantitative estimate of drug-likeness (QED) is 0.847. The number of ketones is 1. The summed E-state index contributed by atoms with van der Waals surface area (Å²) < 4.78 is 5.35. The first-order valence-electron chi connectivity index (χ1n) is 9.08. The van der Waals surface area contributed by atoms with Crippen LogP contribution in [0.3, 0.4) is 0 Å². The van der Waals surface area contributed by atoms with Crippen molar-refractivity contribution in [3.63, 3.8) is 0 Å². The number of nitrogens with one attached hydrogen (secondary N) is 1. The van der Waals surface area contributed by atoms with Gasteiger partial charge < -0.3 is 10.1 Å². The summed E-state index contributed by atoms with van der Waals surface area (Å²) >= 11 is 0. The molecule has 0 saturated heterocycles. The topological polar surface area (TPSA) is 62.1 Å². The lowest BCUT2D eigenvalue weighted by molar-refractivity contribution is -0.119. The maximum Gasteiger partial charge on any atom is 0.160 e. The molecule has 4 heteroatoms. The molecule has 132 valence electrons. The third kappa shape index (κ3) is 3.71. The molecule has 1 aromatic rings. The minimum absolute atomic E-state index is 0.144. The van der Waals surface area contributed by atoms with E-state index in [1.54, 1.807) is 13.2 Å². The van der Waals surface area contributed by atoms with Crippen LogP contribution in [0.2, 0.25) is 0 Å². The Morgan fingerprint density at radius 2 is 2.04 bits per heavy atom. The van der Waals surface area contributed by atoms with Crippen LogP contribution in [-0.2, 0) is 11.2 Å². The van der Waals surface area contributed by atoms with Crippen LogP contribution in [-0.4, -0.2) is 18.4 Å². The number of ether oxygens (including phenoxy) is 1. The van der Waals surface area contributed by atoms with Crippen molar-refractivity contribution >= 4 is 11.5 Å². The number of benzene rings is 1. The van der Waals surface area contributed by atoms with Gasteiger partial charge in [0.15, 0.2) is 5.78 Å². The smallest absolute Gasteiger partial charge is 0.160 e. The first-order valence-corrected chi connectivity index (χ1v) is 9.08. The zero-order valence-electron chi connectivity index (χ0n) is 15.3. The molecule has 0 radical (unpaired) electrons. The van der Waals surface area contributed by atoms with Gasteiger partial charge in [-0.2, -0.15) is 5.26 Å². The van der Waals surface area contributed by atoms with Gasteiger partial charge in [0.25, 0.3) is 0 Å². The molecule has 1 N–H and O–H groups in total. The third-order valence-electron chi connectivity index (χ3n) is 5.24. The number of nitrogens with zero attached hydrogens (tertiary/aromatic N) is 1. The molecule has 4 nitrogen and oxygen atoms in total. The second-order valence-electron chi connectivity index (χ2n) is 7.80. The highest BCUT2D eigenvalue weighted by molar-refractivity contribution is 5.98. The lowest BCUT2D eigenvalue weighted by atomic mass is 9.82. The fraction of sp³-hybridized carbons (Fsp3) is 0.524. The molecule has 0 atom stereocenters. The van der Waals surface area contributed by atoms with Crippen molar-refractivity contribution in [3.8, 4) is 11.8 Å². The summed E-state index contributed by atoms with van der Waals surface area (Å²) in [7, 11) is 1.58. The van der Waals surface area contributed by atoms with Crippen molar-refractivity contribution in [2.45, 2.75) is 57.9 Å². The highest BCUT2D eigenvalue weighted by Gasteiger charge is 2.30. The Morgan fingerprint density at radius 3 is 2.68 bits per heavy atom. The number of carbonyl (C=O) groups excluding carboxylic acids is 1. The molecule has 1 aliphatic carbocycles. The van der Waals surface area contributed by atoms with Gasteiger partial charge in [-0.3, -0.25) is 4.79 Å². The molecule has 1 aromatic carbocycles. The summed E-state index contributed by atoms with van der Waals surface area (Å²) in [5.41, 5.74) is 3.24. The lowest BCUT2D eigenvalue weighted by Crippen LogP contribution is -2.44. The minimum Gasteiger partial charge on any atom is -0.495 e. The second kappa shape index (κ2) is 6.92. The Labute approximate surface area is 149 Å². The van der Waals surface area contributed by atoms with Crippen LogP contribution in [0, 0.1) is 17.2 Å². The van der Waals surface area contributed by atoms with Crippen LogP contribution in [0.5, 0.6) is 5.75 Å². The van der Waals surface area contributed by atoms with Crippen LogP contribution in [0.1, 0.15) is 62.6 Å². The highest BCUT2D eigenvalue weighted by atomic mass is 16.5. The number of nitriles is 1. The largest absolute Gasteiger partial charge is 0.495 e. The second-order valence-corrected chi connectivity index (χ2v) is 7.80. The molecule has 0 amide bonds. The molecule has 0 unspecified atom stereocenters. The van der Waals surface area contributed by atoms with Crippen LogP contribution < -0.4 is 10.1 Å². The van der Waals surface area contributed by atoms with E-state index >= 15 is 0 Å². The fourth-order valence-corrected chi connectivity index (χ4v) is 3.99. The van der Waals surface area contributed by atoms with Gasteiger partial charge in [0.2, 0.25) is 0 Å². The predicted molar refractivity (Wildman–Crippen MR) is 98.2 cm³/mol. The van der Waals surface area contributed by atoms with Gasteiger partial charge in [0.1, 0.15) is 11.8 Å². The molecule has 1 fully saturated rings. The summed E-state index contributed by atoms with van der Waals surface area (Å²) in [4.78, 5) is 12.8. The molecular formula is C21H26N2O2. The fourth-order valence-electron chi connectivity index (χ4n) is 3.99. The summed E-state index contributed by atoms with van der Waals surface area (Å²) in [6.45, 7) is 4.25. The van der Waals surface area contributed by atoms with E-state index in [1.807, 2.05) is 12.1 Å². The van der Waals surface area contributed by atoms with Gasteiger partial charge in [-0.15, -0.1) is 0 Å². The molecule has 0 bridgehead atoms. The van der Waals surface area contributed by atoms with Crippen LogP contribution in [0.4, 0.5) is 0 Å². The molecular weight excluding hydrogens is 312 g/mol. The number of methoxy groups -OCH3 is 1. The minimum atomic E-state index is -0.148. The number of hydrogen-bond donors (Lipinski definition) is 1. The van der Waals surface area contributed by atoms with Gasteiger partial charge >= 0.3 is 0 Å². The maximum absolute atomic E-state index is 12.8. The Balaban J connectivity index is 2.01. The lowest BCUT2D eigenvalue weighted by Gasteiger charge is -2.36. The SMILES string of the molecule is COc1cc2c(cc1C#N)C(=CC(=O)C1CCCCC1)NC(C)(C)C2. The van der Waals surface area contributed by atoms with Gasteiger partial charge in [-0.25, -0.2) is 0 Å². The van der Waals surface area contributed by atoms with Crippen molar-refractivity contribution < 1.29 is 9.53 Å². The predicted octanol–water partition coefficient (Wildman–Crippen LogP) is 3.98. The van der Waals surface area contributed by atoms with E-state index in [9.17, 15) is 10.1 Å². The maximum atomic E-state index is 12.8. The van der Waals surface area contributed by atoms with Crippen molar-refractivity contribution in [3.05, 3.63) is 34.9 Å². The first kappa shape index (κ1) is 17.5. The first-order chi connectivity index (χ1) is 11.9. The molecule has 3 rings (SSSR count). The molecule has 1 heterocycles. The third-order valence-corrected chi connectivity index (χ3v) is 5.24. The van der Waals surface area contributed by atoms with Crippen LogP contribution in [0.25, 0.3) is 5.70 Å². The van der Waals surface area contributed by atoms with Crippen LogP contribution >= 0.6 is 0 Å². The average molecular weight is 338 g/mol. The normalized spacial score (nSPS) is 21.1. The Bertz CT molecular complexity index is 750. The van der Waals surface area contributed by atoms with E-state index in [1.165, 1.54) is 6.42 Å². The summed E-state index contributed by atoms with van der Waals surface area (Å²) in [5, 5.41) is 12.9. The summed E-state index contributed by atoms with van der Waals surface area (Å²) in [6.07, 6.45) is 8.09. The number of fused-ring (bicyclic) bond motifs is 1. The van der Waals surface area contributed by atoms with Crippen molar-refractivity contribution in [1.82, 2.24) is 5.32 Å².